The zero-order valence-corrected chi connectivity index (χ0v) is 13.8. The molecule has 1 saturated heterocycles. The fourth-order valence-electron chi connectivity index (χ4n) is 3.25. The van der Waals surface area contributed by atoms with Crippen molar-refractivity contribution in [3.63, 3.8) is 0 Å². The molecule has 24 heavy (non-hydrogen) atoms. The third-order valence-electron chi connectivity index (χ3n) is 4.54. The SMILES string of the molecule is CNc1cc(C2CCCN2C(=O)CCc2ccc(F)cc2)ccn1. The lowest BCUT2D eigenvalue weighted by Gasteiger charge is -2.25. The van der Waals surface area contributed by atoms with Gasteiger partial charge in [-0.15, -0.1) is 0 Å². The lowest BCUT2D eigenvalue weighted by molar-refractivity contribution is -0.132. The van der Waals surface area contributed by atoms with Gasteiger partial charge in [-0.2, -0.15) is 0 Å². The highest BCUT2D eigenvalue weighted by atomic mass is 19.1. The Labute approximate surface area is 141 Å². The number of carbonyl (C=O) groups excluding carboxylic acids is 1. The maximum atomic E-state index is 12.9. The summed E-state index contributed by atoms with van der Waals surface area (Å²) in [6.45, 7) is 0.796. The Bertz CT molecular complexity index is 702. The molecule has 2 aromatic rings. The summed E-state index contributed by atoms with van der Waals surface area (Å²) in [5.41, 5.74) is 2.11. The highest BCUT2D eigenvalue weighted by Gasteiger charge is 2.29. The lowest BCUT2D eigenvalue weighted by Crippen LogP contribution is -2.30. The molecule has 1 N–H and O–H groups in total. The molecule has 126 valence electrons. The Kier molecular flexibility index (Phi) is 5.08. The number of aryl methyl sites for hydroxylation is 1. The van der Waals surface area contributed by atoms with Crippen LogP contribution in [0.1, 0.15) is 36.4 Å². The van der Waals surface area contributed by atoms with Crippen molar-refractivity contribution in [1.82, 2.24) is 9.88 Å². The molecule has 1 aliphatic rings. The van der Waals surface area contributed by atoms with E-state index in [2.05, 4.69) is 10.3 Å². The molecular formula is C19H22FN3O. The first-order valence-electron chi connectivity index (χ1n) is 8.35. The van der Waals surface area contributed by atoms with E-state index in [-0.39, 0.29) is 17.8 Å². The van der Waals surface area contributed by atoms with Crippen LogP contribution in [-0.4, -0.2) is 29.4 Å². The monoisotopic (exact) mass is 327 g/mol. The van der Waals surface area contributed by atoms with Crippen molar-refractivity contribution in [1.29, 1.82) is 0 Å². The largest absolute Gasteiger partial charge is 0.373 e. The molecule has 2 heterocycles. The minimum Gasteiger partial charge on any atom is -0.373 e. The van der Waals surface area contributed by atoms with Crippen LogP contribution in [0.5, 0.6) is 0 Å². The number of amides is 1. The van der Waals surface area contributed by atoms with Gasteiger partial charge in [-0.3, -0.25) is 4.79 Å². The van der Waals surface area contributed by atoms with Crippen LogP contribution < -0.4 is 5.32 Å². The highest BCUT2D eigenvalue weighted by molar-refractivity contribution is 5.77. The Morgan fingerprint density at radius 3 is 2.88 bits per heavy atom. The standard InChI is InChI=1S/C19H22FN3O/c1-21-18-13-15(10-11-22-18)17-3-2-12-23(17)19(24)9-6-14-4-7-16(20)8-5-14/h4-5,7-8,10-11,13,17H,2-3,6,9,12H2,1H3,(H,21,22). The molecular weight excluding hydrogens is 305 g/mol. The molecule has 0 spiro atoms. The van der Waals surface area contributed by atoms with Gasteiger partial charge in [0.25, 0.3) is 0 Å². The summed E-state index contributed by atoms with van der Waals surface area (Å²) >= 11 is 0. The lowest BCUT2D eigenvalue weighted by atomic mass is 10.0. The molecule has 1 fully saturated rings. The van der Waals surface area contributed by atoms with Crippen molar-refractivity contribution in [3.8, 4) is 0 Å². The van der Waals surface area contributed by atoms with Crippen LogP contribution in [0, 0.1) is 5.82 Å². The highest BCUT2D eigenvalue weighted by Crippen LogP contribution is 2.33. The Morgan fingerprint density at radius 2 is 2.12 bits per heavy atom. The number of nitrogens with one attached hydrogen (secondary N) is 1. The number of aromatic nitrogens is 1. The first kappa shape index (κ1) is 16.4. The predicted molar refractivity (Wildman–Crippen MR) is 92.2 cm³/mol. The van der Waals surface area contributed by atoms with E-state index in [1.807, 2.05) is 24.1 Å². The average Bonchev–Trinajstić information content (AvgIpc) is 3.11. The van der Waals surface area contributed by atoms with E-state index in [1.165, 1.54) is 12.1 Å². The number of halogens is 1. The van der Waals surface area contributed by atoms with Gasteiger partial charge in [0.2, 0.25) is 5.91 Å². The third-order valence-corrected chi connectivity index (χ3v) is 4.54. The third kappa shape index (κ3) is 3.72. The number of pyridine rings is 1. The molecule has 1 atom stereocenters. The van der Waals surface area contributed by atoms with Crippen LogP contribution in [0.15, 0.2) is 42.6 Å². The maximum absolute atomic E-state index is 12.9. The van der Waals surface area contributed by atoms with E-state index in [9.17, 15) is 9.18 Å². The molecule has 0 aliphatic carbocycles. The van der Waals surface area contributed by atoms with Gasteiger partial charge >= 0.3 is 0 Å². The number of hydrogen-bond donors (Lipinski definition) is 1. The molecule has 1 aromatic heterocycles. The van der Waals surface area contributed by atoms with Gasteiger partial charge in [0.05, 0.1) is 6.04 Å². The number of likely N-dealkylation sites (tertiary alicyclic amines) is 1. The van der Waals surface area contributed by atoms with E-state index >= 15 is 0 Å². The predicted octanol–water partition coefficient (Wildman–Crippen LogP) is 3.56. The molecule has 1 unspecified atom stereocenters. The second-order valence-electron chi connectivity index (χ2n) is 6.10. The molecule has 0 radical (unpaired) electrons. The van der Waals surface area contributed by atoms with E-state index < -0.39 is 0 Å². The number of rotatable bonds is 5. The summed E-state index contributed by atoms with van der Waals surface area (Å²) in [5.74, 6) is 0.727. The summed E-state index contributed by atoms with van der Waals surface area (Å²) < 4.78 is 12.9. The normalized spacial score (nSPS) is 17.1. The van der Waals surface area contributed by atoms with Crippen molar-refractivity contribution >= 4 is 11.7 Å². The number of nitrogens with zero attached hydrogens (tertiary/aromatic N) is 2. The second kappa shape index (κ2) is 7.43. The zero-order chi connectivity index (χ0) is 16.9. The molecule has 1 aliphatic heterocycles. The number of benzene rings is 1. The van der Waals surface area contributed by atoms with Crippen molar-refractivity contribution in [3.05, 3.63) is 59.5 Å². The number of anilines is 1. The van der Waals surface area contributed by atoms with Crippen molar-refractivity contribution < 1.29 is 9.18 Å². The van der Waals surface area contributed by atoms with Gasteiger partial charge in [0, 0.05) is 26.2 Å². The van der Waals surface area contributed by atoms with Crippen molar-refractivity contribution in [2.24, 2.45) is 0 Å². The van der Waals surface area contributed by atoms with Crippen LogP contribution in [0.3, 0.4) is 0 Å². The minimum absolute atomic E-state index is 0.126. The van der Waals surface area contributed by atoms with Gasteiger partial charge in [-0.25, -0.2) is 9.37 Å². The van der Waals surface area contributed by atoms with Crippen LogP contribution >= 0.6 is 0 Å². The quantitative estimate of drug-likeness (QED) is 0.913. The van der Waals surface area contributed by atoms with Crippen molar-refractivity contribution in [2.75, 3.05) is 18.9 Å². The summed E-state index contributed by atoms with van der Waals surface area (Å²) in [4.78, 5) is 18.9. The van der Waals surface area contributed by atoms with Gasteiger partial charge < -0.3 is 10.2 Å². The van der Waals surface area contributed by atoms with Crippen LogP contribution in [0.2, 0.25) is 0 Å². The summed E-state index contributed by atoms with van der Waals surface area (Å²) in [5, 5.41) is 3.04. The second-order valence-corrected chi connectivity index (χ2v) is 6.10. The molecule has 0 bridgehead atoms. The van der Waals surface area contributed by atoms with E-state index in [4.69, 9.17) is 0 Å². The number of hydrogen-bond acceptors (Lipinski definition) is 3. The average molecular weight is 327 g/mol. The number of carbonyl (C=O) groups is 1. The molecule has 1 aromatic carbocycles. The topological polar surface area (TPSA) is 45.2 Å². The van der Waals surface area contributed by atoms with E-state index in [0.29, 0.717) is 12.8 Å². The molecule has 1 amide bonds. The van der Waals surface area contributed by atoms with E-state index in [1.54, 1.807) is 18.3 Å². The van der Waals surface area contributed by atoms with Crippen LogP contribution in [0.25, 0.3) is 0 Å². The van der Waals surface area contributed by atoms with Gasteiger partial charge in [0.1, 0.15) is 11.6 Å². The summed E-state index contributed by atoms with van der Waals surface area (Å²) in [7, 11) is 1.84. The Morgan fingerprint density at radius 1 is 1.33 bits per heavy atom. The summed E-state index contributed by atoms with van der Waals surface area (Å²) in [6, 6.07) is 10.5. The van der Waals surface area contributed by atoms with Gasteiger partial charge in [-0.05, 0) is 54.7 Å². The molecule has 4 nitrogen and oxygen atoms in total. The van der Waals surface area contributed by atoms with Crippen LogP contribution in [0.4, 0.5) is 10.2 Å². The fraction of sp³-hybridized carbons (Fsp3) is 0.368. The first-order valence-corrected chi connectivity index (χ1v) is 8.35. The minimum atomic E-state index is -0.247. The van der Waals surface area contributed by atoms with Gasteiger partial charge in [-0.1, -0.05) is 12.1 Å². The molecule has 0 saturated carbocycles. The fourth-order valence-corrected chi connectivity index (χ4v) is 3.25. The van der Waals surface area contributed by atoms with Gasteiger partial charge in [0.15, 0.2) is 0 Å². The first-order chi connectivity index (χ1) is 11.7. The van der Waals surface area contributed by atoms with E-state index in [0.717, 1.165) is 36.3 Å². The summed E-state index contributed by atoms with van der Waals surface area (Å²) in [6.07, 6.45) is 4.87. The van der Waals surface area contributed by atoms with Crippen LogP contribution in [-0.2, 0) is 11.2 Å². The van der Waals surface area contributed by atoms with Crippen molar-refractivity contribution in [2.45, 2.75) is 31.7 Å². The Hall–Kier alpha value is -2.43. The Balaban J connectivity index is 1.65. The molecule has 5 heteroatoms. The zero-order valence-electron chi connectivity index (χ0n) is 13.8. The maximum Gasteiger partial charge on any atom is 0.223 e. The smallest absolute Gasteiger partial charge is 0.223 e. The molecule has 3 rings (SSSR count).